The standard InChI is InChI=1S/C17H23N3O3S/c1-17(2,3)15-10-13(19-20-15)11-18-16(21)9-12-5-7-14(8-6-12)24(4,22)23/h5-8,10H,9,11H2,1-4H3,(H,18,21)(H,19,20). The van der Waals surface area contributed by atoms with Crippen LogP contribution in [0.4, 0.5) is 0 Å². The number of hydrogen-bond acceptors (Lipinski definition) is 4. The third kappa shape index (κ3) is 4.92. The van der Waals surface area contributed by atoms with Gasteiger partial charge in [0, 0.05) is 11.7 Å². The van der Waals surface area contributed by atoms with Crippen molar-refractivity contribution in [2.75, 3.05) is 6.26 Å². The quantitative estimate of drug-likeness (QED) is 0.863. The highest BCUT2D eigenvalue weighted by Crippen LogP contribution is 2.20. The SMILES string of the molecule is CC(C)(C)c1cc(CNC(=O)Cc2ccc(S(C)(=O)=O)cc2)[nH]n1. The van der Waals surface area contributed by atoms with Gasteiger partial charge in [0.05, 0.1) is 29.2 Å². The Balaban J connectivity index is 1.91. The summed E-state index contributed by atoms with van der Waals surface area (Å²) in [4.78, 5) is 12.3. The fourth-order valence-corrected chi connectivity index (χ4v) is 2.76. The van der Waals surface area contributed by atoms with E-state index in [0.717, 1.165) is 23.2 Å². The third-order valence-corrected chi connectivity index (χ3v) is 4.72. The highest BCUT2D eigenvalue weighted by atomic mass is 32.2. The Hall–Kier alpha value is -2.15. The second kappa shape index (κ2) is 6.76. The molecule has 1 heterocycles. The number of aromatic nitrogens is 2. The number of H-pyrrole nitrogens is 1. The van der Waals surface area contributed by atoms with Crippen LogP contribution in [-0.4, -0.2) is 30.8 Å². The fourth-order valence-electron chi connectivity index (χ4n) is 2.13. The van der Waals surface area contributed by atoms with Crippen LogP contribution in [0.5, 0.6) is 0 Å². The zero-order valence-corrected chi connectivity index (χ0v) is 15.2. The van der Waals surface area contributed by atoms with Gasteiger partial charge < -0.3 is 5.32 Å². The minimum atomic E-state index is -3.22. The summed E-state index contributed by atoms with van der Waals surface area (Å²) < 4.78 is 22.8. The summed E-state index contributed by atoms with van der Waals surface area (Å²) in [6.07, 6.45) is 1.36. The number of sulfone groups is 1. The number of aromatic amines is 1. The van der Waals surface area contributed by atoms with Gasteiger partial charge in [-0.1, -0.05) is 32.9 Å². The first-order chi connectivity index (χ1) is 11.1. The second-order valence-corrected chi connectivity index (χ2v) is 8.91. The molecule has 2 rings (SSSR count). The molecule has 0 saturated heterocycles. The van der Waals surface area contributed by atoms with Gasteiger partial charge >= 0.3 is 0 Å². The maximum Gasteiger partial charge on any atom is 0.224 e. The van der Waals surface area contributed by atoms with Gasteiger partial charge in [-0.3, -0.25) is 9.89 Å². The van der Waals surface area contributed by atoms with Crippen LogP contribution in [0.3, 0.4) is 0 Å². The molecule has 0 radical (unpaired) electrons. The minimum absolute atomic E-state index is 0.0415. The summed E-state index contributed by atoms with van der Waals surface area (Å²) >= 11 is 0. The van der Waals surface area contributed by atoms with Crippen LogP contribution in [0.1, 0.15) is 37.7 Å². The molecule has 0 fully saturated rings. The normalized spacial score (nSPS) is 12.2. The number of amides is 1. The molecule has 6 nitrogen and oxygen atoms in total. The van der Waals surface area contributed by atoms with Crippen LogP contribution >= 0.6 is 0 Å². The van der Waals surface area contributed by atoms with Crippen molar-refractivity contribution in [3.8, 4) is 0 Å². The van der Waals surface area contributed by atoms with Crippen molar-refractivity contribution in [3.63, 3.8) is 0 Å². The molecule has 2 N–H and O–H groups in total. The lowest BCUT2D eigenvalue weighted by Crippen LogP contribution is -2.24. The van der Waals surface area contributed by atoms with Crippen molar-refractivity contribution in [1.29, 1.82) is 0 Å². The van der Waals surface area contributed by atoms with Gasteiger partial charge in [-0.15, -0.1) is 0 Å². The van der Waals surface area contributed by atoms with Crippen molar-refractivity contribution in [1.82, 2.24) is 15.5 Å². The summed E-state index contributed by atoms with van der Waals surface area (Å²) in [5, 5.41) is 10.0. The van der Waals surface area contributed by atoms with Crippen molar-refractivity contribution in [2.24, 2.45) is 0 Å². The first kappa shape index (κ1) is 18.2. The summed E-state index contributed by atoms with van der Waals surface area (Å²) in [5.74, 6) is -0.131. The average Bonchev–Trinajstić information content (AvgIpc) is 2.94. The Labute approximate surface area is 142 Å². The number of hydrogen-bond donors (Lipinski definition) is 2. The average molecular weight is 349 g/mol. The lowest BCUT2D eigenvalue weighted by atomic mass is 9.92. The molecule has 0 aliphatic heterocycles. The third-order valence-electron chi connectivity index (χ3n) is 3.59. The second-order valence-electron chi connectivity index (χ2n) is 6.90. The topological polar surface area (TPSA) is 91.9 Å². The number of rotatable bonds is 5. The predicted molar refractivity (Wildman–Crippen MR) is 92.4 cm³/mol. The molecule has 0 spiro atoms. The van der Waals surface area contributed by atoms with Crippen LogP contribution in [0.15, 0.2) is 35.2 Å². The molecule has 1 aromatic carbocycles. The van der Waals surface area contributed by atoms with E-state index >= 15 is 0 Å². The Kier molecular flexibility index (Phi) is 5.13. The van der Waals surface area contributed by atoms with Gasteiger partial charge in [0.25, 0.3) is 0 Å². The van der Waals surface area contributed by atoms with E-state index in [-0.39, 0.29) is 22.6 Å². The molecule has 0 bridgehead atoms. The maximum atomic E-state index is 12.0. The van der Waals surface area contributed by atoms with Crippen LogP contribution in [-0.2, 0) is 33.0 Å². The molecular weight excluding hydrogens is 326 g/mol. The highest BCUT2D eigenvalue weighted by Gasteiger charge is 2.17. The van der Waals surface area contributed by atoms with Gasteiger partial charge in [-0.25, -0.2) is 8.42 Å². The van der Waals surface area contributed by atoms with Crippen molar-refractivity contribution in [3.05, 3.63) is 47.3 Å². The van der Waals surface area contributed by atoms with E-state index in [1.807, 2.05) is 6.07 Å². The summed E-state index contributed by atoms with van der Waals surface area (Å²) in [7, 11) is -3.22. The molecule has 1 amide bonds. The predicted octanol–water partition coefficient (Wildman–Crippen LogP) is 1.97. The number of nitrogens with zero attached hydrogens (tertiary/aromatic N) is 1. The fraction of sp³-hybridized carbons (Fsp3) is 0.412. The molecule has 0 atom stereocenters. The van der Waals surface area contributed by atoms with Gasteiger partial charge in [0.1, 0.15) is 0 Å². The molecule has 130 valence electrons. The molecule has 24 heavy (non-hydrogen) atoms. The maximum absolute atomic E-state index is 12.0. The van der Waals surface area contributed by atoms with Crippen molar-refractivity contribution >= 4 is 15.7 Å². The summed E-state index contributed by atoms with van der Waals surface area (Å²) in [6, 6.07) is 8.29. The van der Waals surface area contributed by atoms with Crippen molar-refractivity contribution < 1.29 is 13.2 Å². The van der Waals surface area contributed by atoms with Crippen LogP contribution in [0.25, 0.3) is 0 Å². The zero-order chi connectivity index (χ0) is 18.0. The smallest absolute Gasteiger partial charge is 0.224 e. The van der Waals surface area contributed by atoms with E-state index in [9.17, 15) is 13.2 Å². The van der Waals surface area contributed by atoms with E-state index in [0.29, 0.717) is 6.54 Å². The largest absolute Gasteiger partial charge is 0.350 e. The first-order valence-electron chi connectivity index (χ1n) is 7.66. The van der Waals surface area contributed by atoms with Gasteiger partial charge in [-0.05, 0) is 23.8 Å². The zero-order valence-electron chi connectivity index (χ0n) is 14.4. The molecule has 0 aliphatic carbocycles. The monoisotopic (exact) mass is 349 g/mol. The van der Waals surface area contributed by atoms with E-state index in [2.05, 4.69) is 36.3 Å². The Bertz CT molecular complexity index is 816. The number of carbonyl (C=O) groups is 1. The van der Waals surface area contributed by atoms with Gasteiger partial charge in [0.15, 0.2) is 9.84 Å². The number of nitrogens with one attached hydrogen (secondary N) is 2. The van der Waals surface area contributed by atoms with E-state index in [1.54, 1.807) is 12.1 Å². The van der Waals surface area contributed by atoms with E-state index < -0.39 is 9.84 Å². The number of benzene rings is 1. The van der Waals surface area contributed by atoms with Gasteiger partial charge in [0.2, 0.25) is 5.91 Å². The Morgan fingerprint density at radius 2 is 1.83 bits per heavy atom. The number of carbonyl (C=O) groups excluding carboxylic acids is 1. The molecule has 7 heteroatoms. The minimum Gasteiger partial charge on any atom is -0.350 e. The Morgan fingerprint density at radius 3 is 2.33 bits per heavy atom. The van der Waals surface area contributed by atoms with E-state index in [4.69, 9.17) is 0 Å². The summed E-state index contributed by atoms with van der Waals surface area (Å²) in [5.41, 5.74) is 2.52. The van der Waals surface area contributed by atoms with Crippen LogP contribution in [0.2, 0.25) is 0 Å². The Morgan fingerprint density at radius 1 is 1.21 bits per heavy atom. The van der Waals surface area contributed by atoms with Gasteiger partial charge in [-0.2, -0.15) is 5.10 Å². The van der Waals surface area contributed by atoms with Crippen molar-refractivity contribution in [2.45, 2.75) is 44.0 Å². The summed E-state index contributed by atoms with van der Waals surface area (Å²) in [6.45, 7) is 6.60. The molecule has 1 aromatic heterocycles. The van der Waals surface area contributed by atoms with Crippen LogP contribution in [0, 0.1) is 0 Å². The van der Waals surface area contributed by atoms with Crippen LogP contribution < -0.4 is 5.32 Å². The van der Waals surface area contributed by atoms with E-state index in [1.165, 1.54) is 12.1 Å². The highest BCUT2D eigenvalue weighted by molar-refractivity contribution is 7.90. The molecular formula is C17H23N3O3S. The molecule has 0 aliphatic rings. The molecule has 0 unspecified atom stereocenters. The molecule has 2 aromatic rings. The lowest BCUT2D eigenvalue weighted by Gasteiger charge is -2.13. The molecule has 0 saturated carbocycles. The first-order valence-corrected chi connectivity index (χ1v) is 9.55. The lowest BCUT2D eigenvalue weighted by molar-refractivity contribution is -0.120.